The largest absolute Gasteiger partial charge is 0.370 e. The minimum Gasteiger partial charge on any atom is -0.370 e. The van der Waals surface area contributed by atoms with Crippen molar-refractivity contribution < 1.29 is 4.79 Å². The number of nitrogens with zero attached hydrogens (tertiary/aromatic N) is 2. The van der Waals surface area contributed by atoms with E-state index in [1.807, 2.05) is 36.4 Å². The monoisotopic (exact) mass is 442 g/mol. The van der Waals surface area contributed by atoms with Crippen molar-refractivity contribution in [3.8, 4) is 0 Å². The van der Waals surface area contributed by atoms with E-state index in [2.05, 4.69) is 78.0 Å². The van der Waals surface area contributed by atoms with Gasteiger partial charge in [0.1, 0.15) is 0 Å². The molecule has 0 heterocycles. The smallest absolute Gasteiger partial charge is 0.323 e. The molecule has 1 atom stereocenters. The molecular weight excluding hydrogens is 408 g/mol. The van der Waals surface area contributed by atoms with E-state index in [0.717, 1.165) is 43.0 Å². The molecule has 5 heteroatoms. The maximum atomic E-state index is 12.5. The summed E-state index contributed by atoms with van der Waals surface area (Å²) in [7, 11) is 6.34. The van der Waals surface area contributed by atoms with Crippen LogP contribution >= 0.6 is 0 Å². The molecule has 2 N–H and O–H groups in total. The standard InChI is InChI=1S/C28H34N4O/c1-31(2)19-22-9-10-24-18-26(12-11-23(24)17-22)30-28(33)29-25-13-15-27(16-14-25)32(3)20-21-7-5-4-6-8-21/h4-8,11-16,18,22H,9-10,17,19-20H2,1-3H3,(H2,29,30,33). The average Bonchev–Trinajstić information content (AvgIpc) is 2.80. The van der Waals surface area contributed by atoms with Gasteiger partial charge in [-0.1, -0.05) is 36.4 Å². The lowest BCUT2D eigenvalue weighted by Crippen LogP contribution is -2.26. The zero-order chi connectivity index (χ0) is 23.2. The van der Waals surface area contributed by atoms with E-state index in [-0.39, 0.29) is 6.03 Å². The number of fused-ring (bicyclic) bond motifs is 1. The first-order valence-corrected chi connectivity index (χ1v) is 11.7. The molecule has 1 aliphatic rings. The van der Waals surface area contributed by atoms with Gasteiger partial charge in [-0.3, -0.25) is 0 Å². The second-order valence-corrected chi connectivity index (χ2v) is 9.32. The lowest BCUT2D eigenvalue weighted by atomic mass is 9.83. The first-order valence-electron chi connectivity index (χ1n) is 11.7. The lowest BCUT2D eigenvalue weighted by Gasteiger charge is -2.27. The van der Waals surface area contributed by atoms with Crippen LogP contribution in [0.5, 0.6) is 0 Å². The molecule has 172 valence electrons. The molecule has 33 heavy (non-hydrogen) atoms. The molecule has 2 amide bonds. The highest BCUT2D eigenvalue weighted by Crippen LogP contribution is 2.28. The number of anilines is 3. The number of rotatable bonds is 7. The Morgan fingerprint density at radius 3 is 2.30 bits per heavy atom. The van der Waals surface area contributed by atoms with E-state index in [4.69, 9.17) is 0 Å². The van der Waals surface area contributed by atoms with Crippen LogP contribution in [0.3, 0.4) is 0 Å². The molecule has 0 aromatic heterocycles. The van der Waals surface area contributed by atoms with Crippen LogP contribution in [-0.4, -0.2) is 38.6 Å². The number of benzene rings is 3. The maximum absolute atomic E-state index is 12.5. The Morgan fingerprint density at radius 2 is 1.58 bits per heavy atom. The number of hydrogen-bond donors (Lipinski definition) is 2. The van der Waals surface area contributed by atoms with Gasteiger partial charge in [0.2, 0.25) is 0 Å². The van der Waals surface area contributed by atoms with Crippen LogP contribution in [0.4, 0.5) is 21.9 Å². The molecule has 0 radical (unpaired) electrons. The number of carbonyl (C=O) groups is 1. The molecule has 0 spiro atoms. The van der Waals surface area contributed by atoms with Gasteiger partial charge in [-0.05, 0) is 92.4 Å². The number of aryl methyl sites for hydroxylation is 1. The zero-order valence-corrected chi connectivity index (χ0v) is 19.8. The van der Waals surface area contributed by atoms with Crippen molar-refractivity contribution in [2.24, 2.45) is 5.92 Å². The summed E-state index contributed by atoms with van der Waals surface area (Å²) in [5.41, 5.74) is 6.75. The Hall–Kier alpha value is -3.31. The summed E-state index contributed by atoms with van der Waals surface area (Å²) in [6, 6.07) is 24.4. The third-order valence-corrected chi connectivity index (χ3v) is 6.25. The van der Waals surface area contributed by atoms with E-state index < -0.39 is 0 Å². The molecule has 0 aliphatic heterocycles. The molecule has 4 rings (SSSR count). The third kappa shape index (κ3) is 6.36. The second kappa shape index (κ2) is 10.5. The first-order chi connectivity index (χ1) is 16.0. The number of carbonyl (C=O) groups excluding carboxylic acids is 1. The van der Waals surface area contributed by atoms with Crippen molar-refractivity contribution in [2.45, 2.75) is 25.8 Å². The molecule has 0 saturated carbocycles. The van der Waals surface area contributed by atoms with Gasteiger partial charge in [-0.2, -0.15) is 0 Å². The van der Waals surface area contributed by atoms with Gasteiger partial charge in [0.15, 0.2) is 0 Å². The SMILES string of the molecule is CN(C)CC1CCc2cc(NC(=O)Nc3ccc(N(C)Cc4ccccc4)cc3)ccc2C1. The quantitative estimate of drug-likeness (QED) is 0.498. The Balaban J connectivity index is 1.31. The van der Waals surface area contributed by atoms with E-state index >= 15 is 0 Å². The van der Waals surface area contributed by atoms with Gasteiger partial charge >= 0.3 is 6.03 Å². The van der Waals surface area contributed by atoms with Crippen molar-refractivity contribution in [3.63, 3.8) is 0 Å². The number of hydrogen-bond acceptors (Lipinski definition) is 3. The van der Waals surface area contributed by atoms with Crippen LogP contribution < -0.4 is 15.5 Å². The van der Waals surface area contributed by atoms with Gasteiger partial charge in [0, 0.05) is 37.2 Å². The highest BCUT2D eigenvalue weighted by molar-refractivity contribution is 5.99. The predicted octanol–water partition coefficient (Wildman–Crippen LogP) is 5.63. The third-order valence-electron chi connectivity index (χ3n) is 6.25. The topological polar surface area (TPSA) is 47.6 Å². The molecule has 0 bridgehead atoms. The Morgan fingerprint density at radius 1 is 0.879 bits per heavy atom. The van der Waals surface area contributed by atoms with Crippen LogP contribution in [0.25, 0.3) is 0 Å². The predicted molar refractivity (Wildman–Crippen MR) is 138 cm³/mol. The fraction of sp³-hybridized carbons (Fsp3) is 0.321. The average molecular weight is 443 g/mol. The molecular formula is C28H34N4O. The van der Waals surface area contributed by atoms with Gasteiger partial charge in [-0.15, -0.1) is 0 Å². The Kier molecular flexibility index (Phi) is 7.30. The summed E-state index contributed by atoms with van der Waals surface area (Å²) in [6.45, 7) is 1.96. The summed E-state index contributed by atoms with van der Waals surface area (Å²) < 4.78 is 0. The summed E-state index contributed by atoms with van der Waals surface area (Å²) >= 11 is 0. The molecule has 1 unspecified atom stereocenters. The van der Waals surface area contributed by atoms with Crippen LogP contribution in [-0.2, 0) is 19.4 Å². The second-order valence-electron chi connectivity index (χ2n) is 9.32. The zero-order valence-electron chi connectivity index (χ0n) is 19.8. The Bertz CT molecular complexity index is 1060. The molecule has 3 aromatic rings. The normalized spacial score (nSPS) is 15.1. The minimum absolute atomic E-state index is 0.221. The highest BCUT2D eigenvalue weighted by Gasteiger charge is 2.19. The lowest BCUT2D eigenvalue weighted by molar-refractivity contribution is 0.262. The van der Waals surface area contributed by atoms with Crippen molar-refractivity contribution in [3.05, 3.63) is 89.5 Å². The van der Waals surface area contributed by atoms with Crippen LogP contribution in [0.2, 0.25) is 0 Å². The summed E-state index contributed by atoms with van der Waals surface area (Å²) in [5, 5.41) is 5.93. The Labute approximate surface area is 197 Å². The van der Waals surface area contributed by atoms with Gasteiger partial charge in [0.05, 0.1) is 0 Å². The molecule has 0 fully saturated rings. The van der Waals surface area contributed by atoms with E-state index in [9.17, 15) is 4.79 Å². The fourth-order valence-electron chi connectivity index (χ4n) is 4.62. The summed E-state index contributed by atoms with van der Waals surface area (Å²) in [6.07, 6.45) is 3.39. The van der Waals surface area contributed by atoms with E-state index in [1.165, 1.54) is 23.1 Å². The molecule has 5 nitrogen and oxygen atoms in total. The van der Waals surface area contributed by atoms with Crippen LogP contribution in [0.1, 0.15) is 23.1 Å². The first kappa shape index (κ1) is 22.9. The molecule has 0 saturated heterocycles. The summed E-state index contributed by atoms with van der Waals surface area (Å²) in [5.74, 6) is 0.712. The molecule has 1 aliphatic carbocycles. The van der Waals surface area contributed by atoms with Crippen LogP contribution in [0, 0.1) is 5.92 Å². The fourth-order valence-corrected chi connectivity index (χ4v) is 4.62. The summed E-state index contributed by atoms with van der Waals surface area (Å²) in [4.78, 5) is 17.0. The van der Waals surface area contributed by atoms with Crippen LogP contribution in [0.15, 0.2) is 72.8 Å². The highest BCUT2D eigenvalue weighted by atomic mass is 16.2. The maximum Gasteiger partial charge on any atom is 0.323 e. The van der Waals surface area contributed by atoms with E-state index in [1.54, 1.807) is 0 Å². The van der Waals surface area contributed by atoms with E-state index in [0.29, 0.717) is 5.92 Å². The van der Waals surface area contributed by atoms with Crippen molar-refractivity contribution in [2.75, 3.05) is 43.2 Å². The number of nitrogens with one attached hydrogen (secondary N) is 2. The van der Waals surface area contributed by atoms with Gasteiger partial charge in [0.25, 0.3) is 0 Å². The number of urea groups is 1. The van der Waals surface area contributed by atoms with Crippen molar-refractivity contribution >= 4 is 23.1 Å². The number of amides is 2. The van der Waals surface area contributed by atoms with Gasteiger partial charge < -0.3 is 20.4 Å². The minimum atomic E-state index is -0.221. The van der Waals surface area contributed by atoms with Crippen molar-refractivity contribution in [1.82, 2.24) is 4.90 Å². The molecule has 3 aromatic carbocycles. The van der Waals surface area contributed by atoms with Crippen molar-refractivity contribution in [1.29, 1.82) is 0 Å². The van der Waals surface area contributed by atoms with Gasteiger partial charge in [-0.25, -0.2) is 4.79 Å².